The van der Waals surface area contributed by atoms with Gasteiger partial charge < -0.3 is 4.74 Å². The van der Waals surface area contributed by atoms with Crippen LogP contribution in [0.25, 0.3) is 0 Å². The topological polar surface area (TPSA) is 9.23 Å². The standard InChI is InChI=1S/C12H23O/c1-2-3-11-13-12-9-7-5-4-6-8-10-12/h12H,1-11H2. The number of unbranched alkanes of at least 4 members (excludes halogenated alkanes) is 1. The van der Waals surface area contributed by atoms with Crippen molar-refractivity contribution < 1.29 is 4.74 Å². The molecule has 1 saturated carbocycles. The third kappa shape index (κ3) is 5.30. The van der Waals surface area contributed by atoms with Gasteiger partial charge in [-0.2, -0.15) is 0 Å². The van der Waals surface area contributed by atoms with Gasteiger partial charge in [-0.15, -0.1) is 0 Å². The molecule has 1 fully saturated rings. The minimum absolute atomic E-state index is 0.562. The van der Waals surface area contributed by atoms with Crippen LogP contribution in [0.15, 0.2) is 0 Å². The molecule has 0 bridgehead atoms. The summed E-state index contributed by atoms with van der Waals surface area (Å²) in [6.45, 7) is 4.75. The highest BCUT2D eigenvalue weighted by molar-refractivity contribution is 4.63. The average molecular weight is 183 g/mol. The van der Waals surface area contributed by atoms with E-state index in [4.69, 9.17) is 4.74 Å². The molecule has 0 atom stereocenters. The number of hydrogen-bond donors (Lipinski definition) is 0. The van der Waals surface area contributed by atoms with Crippen molar-refractivity contribution in [1.29, 1.82) is 0 Å². The van der Waals surface area contributed by atoms with Crippen LogP contribution in [0, 0.1) is 6.92 Å². The summed E-state index contributed by atoms with van der Waals surface area (Å²) >= 11 is 0. The lowest BCUT2D eigenvalue weighted by Gasteiger charge is -2.20. The fraction of sp³-hybridized carbons (Fsp3) is 0.917. The van der Waals surface area contributed by atoms with Gasteiger partial charge in [-0.05, 0) is 19.3 Å². The molecule has 0 heterocycles. The van der Waals surface area contributed by atoms with Crippen LogP contribution < -0.4 is 0 Å². The van der Waals surface area contributed by atoms with Gasteiger partial charge in [0.15, 0.2) is 0 Å². The van der Waals surface area contributed by atoms with Crippen molar-refractivity contribution in [3.05, 3.63) is 6.92 Å². The second-order valence-corrected chi connectivity index (χ2v) is 4.05. The minimum atomic E-state index is 0.562. The van der Waals surface area contributed by atoms with Gasteiger partial charge in [-0.3, -0.25) is 0 Å². The highest BCUT2D eigenvalue weighted by atomic mass is 16.5. The molecule has 13 heavy (non-hydrogen) atoms. The Labute approximate surface area is 82.9 Å². The normalized spacial score (nSPS) is 21.0. The van der Waals surface area contributed by atoms with Gasteiger partial charge in [0, 0.05) is 6.61 Å². The van der Waals surface area contributed by atoms with E-state index in [1.165, 1.54) is 44.9 Å². The monoisotopic (exact) mass is 183 g/mol. The lowest BCUT2D eigenvalue weighted by atomic mass is 9.98. The first-order valence-corrected chi connectivity index (χ1v) is 5.84. The molecule has 0 spiro atoms. The van der Waals surface area contributed by atoms with Crippen molar-refractivity contribution >= 4 is 0 Å². The van der Waals surface area contributed by atoms with Gasteiger partial charge in [-0.25, -0.2) is 0 Å². The van der Waals surface area contributed by atoms with Crippen LogP contribution in [0.3, 0.4) is 0 Å². The smallest absolute Gasteiger partial charge is 0.0575 e. The van der Waals surface area contributed by atoms with E-state index in [-0.39, 0.29) is 0 Å². The molecular weight excluding hydrogens is 160 g/mol. The van der Waals surface area contributed by atoms with Crippen LogP contribution in [0.2, 0.25) is 0 Å². The number of hydrogen-bond acceptors (Lipinski definition) is 1. The Morgan fingerprint density at radius 3 is 2.23 bits per heavy atom. The zero-order valence-electron chi connectivity index (χ0n) is 8.76. The van der Waals surface area contributed by atoms with E-state index in [2.05, 4.69) is 6.92 Å². The highest BCUT2D eigenvalue weighted by Crippen LogP contribution is 2.19. The Morgan fingerprint density at radius 2 is 1.62 bits per heavy atom. The molecule has 1 rings (SSSR count). The third-order valence-corrected chi connectivity index (χ3v) is 2.80. The van der Waals surface area contributed by atoms with Crippen molar-refractivity contribution in [2.24, 2.45) is 0 Å². The molecule has 0 aliphatic heterocycles. The van der Waals surface area contributed by atoms with E-state index >= 15 is 0 Å². The van der Waals surface area contributed by atoms with Crippen LogP contribution in [0.4, 0.5) is 0 Å². The summed E-state index contributed by atoms with van der Waals surface area (Å²) in [6, 6.07) is 0. The van der Waals surface area contributed by atoms with Crippen molar-refractivity contribution in [1.82, 2.24) is 0 Å². The third-order valence-electron chi connectivity index (χ3n) is 2.80. The maximum absolute atomic E-state index is 5.82. The molecule has 1 nitrogen and oxygen atoms in total. The first kappa shape index (κ1) is 11.0. The van der Waals surface area contributed by atoms with Crippen LogP contribution >= 0.6 is 0 Å². The molecule has 1 aliphatic rings. The molecule has 1 heteroatoms. The number of rotatable bonds is 4. The maximum atomic E-state index is 5.82. The molecule has 1 radical (unpaired) electrons. The fourth-order valence-electron chi connectivity index (χ4n) is 1.94. The van der Waals surface area contributed by atoms with E-state index in [0.717, 1.165) is 19.4 Å². The fourth-order valence-corrected chi connectivity index (χ4v) is 1.94. The van der Waals surface area contributed by atoms with Gasteiger partial charge in [0.05, 0.1) is 6.10 Å². The van der Waals surface area contributed by atoms with Crippen LogP contribution in [0.5, 0.6) is 0 Å². The van der Waals surface area contributed by atoms with E-state index in [1.807, 2.05) is 0 Å². The molecule has 0 aromatic heterocycles. The molecule has 1 aliphatic carbocycles. The predicted molar refractivity (Wildman–Crippen MR) is 56.7 cm³/mol. The molecule has 77 valence electrons. The summed E-state index contributed by atoms with van der Waals surface area (Å²) in [4.78, 5) is 0. The largest absolute Gasteiger partial charge is 0.378 e. The molecule has 0 N–H and O–H groups in total. The van der Waals surface area contributed by atoms with Gasteiger partial charge in [-0.1, -0.05) is 45.4 Å². The average Bonchev–Trinajstić information content (AvgIpc) is 2.08. The first-order valence-electron chi connectivity index (χ1n) is 5.84. The van der Waals surface area contributed by atoms with E-state index < -0.39 is 0 Å². The van der Waals surface area contributed by atoms with E-state index in [1.54, 1.807) is 0 Å². The zero-order valence-corrected chi connectivity index (χ0v) is 8.76. The summed E-state index contributed by atoms with van der Waals surface area (Å²) in [5.74, 6) is 0. The molecule has 0 unspecified atom stereocenters. The molecule has 0 aromatic carbocycles. The van der Waals surface area contributed by atoms with Crippen molar-refractivity contribution in [3.63, 3.8) is 0 Å². The van der Waals surface area contributed by atoms with Gasteiger partial charge in [0.25, 0.3) is 0 Å². The number of ether oxygens (including phenoxy) is 1. The second kappa shape index (κ2) is 7.37. The maximum Gasteiger partial charge on any atom is 0.0575 e. The molecular formula is C12H23O. The van der Waals surface area contributed by atoms with Crippen molar-refractivity contribution in [3.8, 4) is 0 Å². The van der Waals surface area contributed by atoms with E-state index in [9.17, 15) is 0 Å². The summed E-state index contributed by atoms with van der Waals surface area (Å²) in [7, 11) is 0. The highest BCUT2D eigenvalue weighted by Gasteiger charge is 2.10. The van der Waals surface area contributed by atoms with Gasteiger partial charge in [0.2, 0.25) is 0 Å². The quantitative estimate of drug-likeness (QED) is 0.603. The summed E-state index contributed by atoms with van der Waals surface area (Å²) in [6.07, 6.45) is 12.3. The summed E-state index contributed by atoms with van der Waals surface area (Å²) < 4.78 is 5.82. The van der Waals surface area contributed by atoms with Crippen molar-refractivity contribution in [2.45, 2.75) is 63.9 Å². The summed E-state index contributed by atoms with van der Waals surface area (Å²) in [5.41, 5.74) is 0. The summed E-state index contributed by atoms with van der Waals surface area (Å²) in [5, 5.41) is 0. The Bertz CT molecular complexity index is 104. The SMILES string of the molecule is [CH2]CCCOC1CCCCCCC1. The van der Waals surface area contributed by atoms with Crippen LogP contribution in [-0.4, -0.2) is 12.7 Å². The first-order chi connectivity index (χ1) is 6.43. The Kier molecular flexibility index (Phi) is 6.26. The zero-order chi connectivity index (χ0) is 9.36. The van der Waals surface area contributed by atoms with Gasteiger partial charge >= 0.3 is 0 Å². The predicted octanol–water partition coefficient (Wildman–Crippen LogP) is 3.73. The van der Waals surface area contributed by atoms with Crippen LogP contribution in [-0.2, 0) is 4.74 Å². The molecule has 0 aromatic rings. The lowest BCUT2D eigenvalue weighted by molar-refractivity contribution is 0.0345. The van der Waals surface area contributed by atoms with Crippen LogP contribution in [0.1, 0.15) is 57.8 Å². The van der Waals surface area contributed by atoms with Crippen molar-refractivity contribution in [2.75, 3.05) is 6.61 Å². The Balaban J connectivity index is 2.06. The second-order valence-electron chi connectivity index (χ2n) is 4.05. The molecule has 0 saturated heterocycles. The minimum Gasteiger partial charge on any atom is -0.378 e. The molecule has 0 amide bonds. The Hall–Kier alpha value is -0.0400. The lowest BCUT2D eigenvalue weighted by Crippen LogP contribution is -2.15. The Morgan fingerprint density at radius 1 is 1.00 bits per heavy atom. The van der Waals surface area contributed by atoms with Gasteiger partial charge in [0.1, 0.15) is 0 Å². The van der Waals surface area contributed by atoms with E-state index in [0.29, 0.717) is 6.10 Å².